The SMILES string of the molecule is CNCC(C)C(=O)NCC(C)(C)c1c(Cl)cccc1Cl. The van der Waals surface area contributed by atoms with E-state index in [0.29, 0.717) is 23.1 Å². The summed E-state index contributed by atoms with van der Waals surface area (Å²) in [6.07, 6.45) is 0. The summed E-state index contributed by atoms with van der Waals surface area (Å²) in [7, 11) is 1.83. The second-order valence-electron chi connectivity index (χ2n) is 5.66. The second kappa shape index (κ2) is 7.30. The van der Waals surface area contributed by atoms with Crippen molar-refractivity contribution in [3.8, 4) is 0 Å². The number of carbonyl (C=O) groups is 1. The van der Waals surface area contributed by atoms with E-state index in [1.54, 1.807) is 0 Å². The number of amides is 1. The van der Waals surface area contributed by atoms with E-state index in [1.165, 1.54) is 0 Å². The summed E-state index contributed by atoms with van der Waals surface area (Å²) >= 11 is 12.5. The molecule has 0 radical (unpaired) electrons. The van der Waals surface area contributed by atoms with Crippen LogP contribution in [0.25, 0.3) is 0 Å². The largest absolute Gasteiger partial charge is 0.355 e. The van der Waals surface area contributed by atoms with Gasteiger partial charge in [0.2, 0.25) is 5.91 Å². The zero-order valence-electron chi connectivity index (χ0n) is 12.4. The molecule has 0 saturated heterocycles. The van der Waals surface area contributed by atoms with Gasteiger partial charge in [0.25, 0.3) is 0 Å². The lowest BCUT2D eigenvalue weighted by Crippen LogP contribution is -2.41. The van der Waals surface area contributed by atoms with Gasteiger partial charge in [-0.2, -0.15) is 0 Å². The van der Waals surface area contributed by atoms with E-state index in [4.69, 9.17) is 23.2 Å². The first-order valence-corrected chi connectivity index (χ1v) is 7.42. The molecule has 1 aromatic carbocycles. The quantitative estimate of drug-likeness (QED) is 0.846. The fourth-order valence-electron chi connectivity index (χ4n) is 2.11. The number of hydrogen-bond acceptors (Lipinski definition) is 2. The van der Waals surface area contributed by atoms with Gasteiger partial charge in [-0.3, -0.25) is 4.79 Å². The minimum absolute atomic E-state index is 0.0237. The highest BCUT2D eigenvalue weighted by Gasteiger charge is 2.27. The van der Waals surface area contributed by atoms with E-state index in [2.05, 4.69) is 10.6 Å². The van der Waals surface area contributed by atoms with Gasteiger partial charge < -0.3 is 10.6 Å². The van der Waals surface area contributed by atoms with Crippen LogP contribution in [0.4, 0.5) is 0 Å². The zero-order valence-corrected chi connectivity index (χ0v) is 13.9. The molecule has 0 aromatic heterocycles. The fraction of sp³-hybridized carbons (Fsp3) is 0.533. The van der Waals surface area contributed by atoms with Crippen molar-refractivity contribution in [2.24, 2.45) is 5.92 Å². The van der Waals surface area contributed by atoms with Crippen LogP contribution in [0.3, 0.4) is 0 Å². The molecule has 0 fully saturated rings. The predicted molar refractivity (Wildman–Crippen MR) is 85.6 cm³/mol. The summed E-state index contributed by atoms with van der Waals surface area (Å²) in [4.78, 5) is 12.0. The van der Waals surface area contributed by atoms with Crippen LogP contribution < -0.4 is 10.6 Å². The van der Waals surface area contributed by atoms with Crippen LogP contribution in [-0.4, -0.2) is 26.0 Å². The van der Waals surface area contributed by atoms with E-state index in [-0.39, 0.29) is 17.2 Å². The normalized spacial score (nSPS) is 13.1. The molecule has 0 bridgehead atoms. The van der Waals surface area contributed by atoms with Crippen LogP contribution in [-0.2, 0) is 10.2 Å². The van der Waals surface area contributed by atoms with Crippen molar-refractivity contribution in [2.75, 3.05) is 20.1 Å². The van der Waals surface area contributed by atoms with Crippen LogP contribution in [0.5, 0.6) is 0 Å². The van der Waals surface area contributed by atoms with Crippen molar-refractivity contribution in [3.63, 3.8) is 0 Å². The zero-order chi connectivity index (χ0) is 15.3. The first-order chi connectivity index (χ1) is 9.29. The number of hydrogen-bond donors (Lipinski definition) is 2. The van der Waals surface area contributed by atoms with E-state index in [1.807, 2.05) is 46.0 Å². The number of nitrogens with one attached hydrogen (secondary N) is 2. The number of halogens is 2. The fourth-order valence-corrected chi connectivity index (χ4v) is 3.02. The second-order valence-corrected chi connectivity index (χ2v) is 6.47. The van der Waals surface area contributed by atoms with Gasteiger partial charge in [-0.15, -0.1) is 0 Å². The Labute approximate surface area is 131 Å². The topological polar surface area (TPSA) is 41.1 Å². The smallest absolute Gasteiger partial charge is 0.224 e. The summed E-state index contributed by atoms with van der Waals surface area (Å²) in [5.74, 6) is -0.0480. The summed E-state index contributed by atoms with van der Waals surface area (Å²) in [5.41, 5.74) is 0.537. The van der Waals surface area contributed by atoms with Crippen molar-refractivity contribution in [2.45, 2.75) is 26.2 Å². The molecule has 0 aliphatic carbocycles. The lowest BCUT2D eigenvalue weighted by atomic mass is 9.84. The van der Waals surface area contributed by atoms with E-state index in [9.17, 15) is 4.79 Å². The van der Waals surface area contributed by atoms with Gasteiger partial charge in [0.1, 0.15) is 0 Å². The monoisotopic (exact) mass is 316 g/mol. The molecule has 1 aromatic rings. The molecule has 0 aliphatic heterocycles. The van der Waals surface area contributed by atoms with Crippen LogP contribution >= 0.6 is 23.2 Å². The molecule has 1 atom stereocenters. The van der Waals surface area contributed by atoms with Crippen molar-refractivity contribution in [3.05, 3.63) is 33.8 Å². The average molecular weight is 317 g/mol. The maximum absolute atomic E-state index is 12.0. The average Bonchev–Trinajstić information content (AvgIpc) is 2.35. The van der Waals surface area contributed by atoms with E-state index >= 15 is 0 Å². The molecule has 0 saturated carbocycles. The van der Waals surface area contributed by atoms with Gasteiger partial charge in [0.05, 0.1) is 0 Å². The van der Waals surface area contributed by atoms with E-state index < -0.39 is 0 Å². The maximum atomic E-state index is 12.0. The van der Waals surface area contributed by atoms with Crippen LogP contribution in [0.1, 0.15) is 26.3 Å². The van der Waals surface area contributed by atoms with Crippen molar-refractivity contribution >= 4 is 29.1 Å². The molecule has 1 unspecified atom stereocenters. The number of benzene rings is 1. The summed E-state index contributed by atoms with van der Waals surface area (Å²) < 4.78 is 0. The molecule has 112 valence electrons. The van der Waals surface area contributed by atoms with Gasteiger partial charge in [-0.1, -0.05) is 50.0 Å². The van der Waals surface area contributed by atoms with Gasteiger partial charge in [0, 0.05) is 34.5 Å². The lowest BCUT2D eigenvalue weighted by Gasteiger charge is -2.28. The van der Waals surface area contributed by atoms with Crippen molar-refractivity contribution < 1.29 is 4.79 Å². The third kappa shape index (κ3) is 4.37. The van der Waals surface area contributed by atoms with Gasteiger partial charge in [-0.05, 0) is 24.7 Å². The standard InChI is InChI=1S/C15H22Cl2N2O/c1-10(8-18-4)14(20)19-9-15(2,3)13-11(16)6-5-7-12(13)17/h5-7,10,18H,8-9H2,1-4H3,(H,19,20). The van der Waals surface area contributed by atoms with Gasteiger partial charge in [0.15, 0.2) is 0 Å². The molecule has 3 nitrogen and oxygen atoms in total. The molecular weight excluding hydrogens is 295 g/mol. The van der Waals surface area contributed by atoms with Gasteiger partial charge in [-0.25, -0.2) is 0 Å². The Morgan fingerprint density at radius 3 is 2.35 bits per heavy atom. The Hall–Kier alpha value is -0.770. The summed E-state index contributed by atoms with van der Waals surface area (Å²) in [5, 5.41) is 7.21. The molecule has 2 N–H and O–H groups in total. The first kappa shape index (κ1) is 17.3. The first-order valence-electron chi connectivity index (χ1n) is 6.66. The predicted octanol–water partition coefficient (Wildman–Crippen LogP) is 3.24. The molecule has 0 heterocycles. The molecule has 1 amide bonds. The molecule has 20 heavy (non-hydrogen) atoms. The summed E-state index contributed by atoms with van der Waals surface area (Å²) in [6, 6.07) is 5.45. The minimum atomic E-state index is -0.329. The number of rotatable bonds is 6. The van der Waals surface area contributed by atoms with Crippen LogP contribution in [0.15, 0.2) is 18.2 Å². The highest BCUT2D eigenvalue weighted by molar-refractivity contribution is 6.36. The highest BCUT2D eigenvalue weighted by Crippen LogP contribution is 2.35. The van der Waals surface area contributed by atoms with Gasteiger partial charge >= 0.3 is 0 Å². The Balaban J connectivity index is 2.78. The Kier molecular flexibility index (Phi) is 6.31. The Morgan fingerprint density at radius 1 is 1.30 bits per heavy atom. The van der Waals surface area contributed by atoms with Crippen molar-refractivity contribution in [1.82, 2.24) is 10.6 Å². The summed E-state index contributed by atoms with van der Waals surface area (Å²) in [6.45, 7) is 7.07. The molecular formula is C15H22Cl2N2O. The van der Waals surface area contributed by atoms with Crippen LogP contribution in [0.2, 0.25) is 10.0 Å². The van der Waals surface area contributed by atoms with Crippen molar-refractivity contribution in [1.29, 1.82) is 0 Å². The highest BCUT2D eigenvalue weighted by atomic mass is 35.5. The molecule has 1 rings (SSSR count). The van der Waals surface area contributed by atoms with E-state index in [0.717, 1.165) is 5.56 Å². The third-order valence-electron chi connectivity index (χ3n) is 3.30. The number of carbonyl (C=O) groups excluding carboxylic acids is 1. The Bertz CT molecular complexity index is 455. The Morgan fingerprint density at radius 2 is 1.85 bits per heavy atom. The lowest BCUT2D eigenvalue weighted by molar-refractivity contribution is -0.124. The molecule has 5 heteroatoms. The maximum Gasteiger partial charge on any atom is 0.224 e. The molecule has 0 spiro atoms. The van der Waals surface area contributed by atoms with Crippen LogP contribution in [0, 0.1) is 5.92 Å². The third-order valence-corrected chi connectivity index (χ3v) is 3.93. The molecule has 0 aliphatic rings. The minimum Gasteiger partial charge on any atom is -0.355 e.